The van der Waals surface area contributed by atoms with Crippen molar-refractivity contribution in [1.82, 2.24) is 14.9 Å². The van der Waals surface area contributed by atoms with E-state index in [-0.39, 0.29) is 23.7 Å². The molecule has 2 aromatic rings. The molecule has 0 spiro atoms. The second-order valence-corrected chi connectivity index (χ2v) is 7.05. The van der Waals surface area contributed by atoms with E-state index < -0.39 is 0 Å². The van der Waals surface area contributed by atoms with Crippen molar-refractivity contribution < 1.29 is 9.59 Å². The highest BCUT2D eigenvalue weighted by Crippen LogP contribution is 2.27. The van der Waals surface area contributed by atoms with Gasteiger partial charge in [0.05, 0.1) is 0 Å². The van der Waals surface area contributed by atoms with Gasteiger partial charge in [0.1, 0.15) is 0 Å². The Labute approximate surface area is 163 Å². The molecule has 8 heteroatoms. The van der Waals surface area contributed by atoms with Crippen molar-refractivity contribution in [3.05, 3.63) is 52.2 Å². The molecule has 0 radical (unpaired) electrons. The topological polar surface area (TPSA) is 96.3 Å². The van der Waals surface area contributed by atoms with E-state index in [1.165, 1.54) is 4.57 Å². The van der Waals surface area contributed by atoms with E-state index in [0.29, 0.717) is 30.9 Å². The first kappa shape index (κ1) is 19.6. The number of carbonyl (C=O) groups excluding carboxylic acids is 2. The van der Waals surface area contributed by atoms with E-state index in [9.17, 15) is 14.4 Å². The van der Waals surface area contributed by atoms with Gasteiger partial charge >= 0.3 is 11.7 Å². The second kappa shape index (κ2) is 8.24. The van der Waals surface area contributed by atoms with Crippen molar-refractivity contribution in [2.45, 2.75) is 46.2 Å². The Hall–Kier alpha value is -3.16. The molecule has 1 aliphatic rings. The fourth-order valence-corrected chi connectivity index (χ4v) is 3.43. The van der Waals surface area contributed by atoms with Crippen LogP contribution in [0.1, 0.15) is 31.2 Å². The van der Waals surface area contributed by atoms with Gasteiger partial charge in [-0.3, -0.25) is 9.36 Å². The number of rotatable bonds is 5. The number of urea groups is 1. The van der Waals surface area contributed by atoms with Gasteiger partial charge in [-0.15, -0.1) is 0 Å². The van der Waals surface area contributed by atoms with Crippen LogP contribution in [0.5, 0.6) is 0 Å². The summed E-state index contributed by atoms with van der Waals surface area (Å²) < 4.78 is 1.52. The van der Waals surface area contributed by atoms with E-state index in [4.69, 9.17) is 0 Å². The number of aryl methyl sites for hydroxylation is 2. The molecule has 1 aromatic carbocycles. The first-order valence-electron chi connectivity index (χ1n) is 9.37. The van der Waals surface area contributed by atoms with Crippen LogP contribution < -0.4 is 21.2 Å². The zero-order chi connectivity index (χ0) is 20.3. The number of hydrogen-bond donors (Lipinski definition) is 2. The Morgan fingerprint density at radius 1 is 1.21 bits per heavy atom. The Morgan fingerprint density at radius 2 is 1.93 bits per heavy atom. The Kier molecular flexibility index (Phi) is 5.77. The molecule has 2 N–H and O–H groups in total. The third-order valence-electron chi connectivity index (χ3n) is 4.86. The van der Waals surface area contributed by atoms with Crippen LogP contribution in [0.3, 0.4) is 0 Å². The molecule has 2 heterocycles. The zero-order valence-electron chi connectivity index (χ0n) is 16.4. The minimum Gasteiger partial charge on any atom is -0.336 e. The third-order valence-corrected chi connectivity index (χ3v) is 4.86. The average molecular weight is 383 g/mol. The summed E-state index contributed by atoms with van der Waals surface area (Å²) in [5.41, 5.74) is 2.63. The van der Waals surface area contributed by atoms with Crippen molar-refractivity contribution >= 4 is 23.3 Å². The number of anilines is 2. The first-order valence-corrected chi connectivity index (χ1v) is 9.37. The van der Waals surface area contributed by atoms with Crippen LogP contribution in [0.15, 0.2) is 35.1 Å². The molecule has 0 unspecified atom stereocenters. The molecule has 1 atom stereocenters. The summed E-state index contributed by atoms with van der Waals surface area (Å²) in [6.45, 7) is 6.29. The van der Waals surface area contributed by atoms with E-state index in [1.807, 2.05) is 32.0 Å². The molecule has 1 fully saturated rings. The number of hydrogen-bond acceptors (Lipinski definition) is 4. The fraction of sp³-hybridized carbons (Fsp3) is 0.400. The van der Waals surface area contributed by atoms with E-state index >= 15 is 0 Å². The molecule has 1 aliphatic heterocycles. The lowest BCUT2D eigenvalue weighted by atomic mass is 10.2. The highest BCUT2D eigenvalue weighted by atomic mass is 16.2. The van der Waals surface area contributed by atoms with Gasteiger partial charge in [-0.1, -0.05) is 0 Å². The molecule has 0 saturated carbocycles. The molecule has 3 rings (SSSR count). The van der Waals surface area contributed by atoms with Crippen molar-refractivity contribution in [2.24, 2.45) is 0 Å². The van der Waals surface area contributed by atoms with Crippen molar-refractivity contribution in [3.8, 4) is 0 Å². The molecular formula is C20H25N5O3. The van der Waals surface area contributed by atoms with Crippen LogP contribution in [-0.4, -0.2) is 34.1 Å². The lowest BCUT2D eigenvalue weighted by molar-refractivity contribution is -0.117. The quantitative estimate of drug-likeness (QED) is 0.827. The molecule has 0 aliphatic carbocycles. The SMILES string of the molecule is Cc1cc(C)n(CCNC(=O)Nc2ccc(N3C(=O)CC[C@@H]3C)cc2)c(=O)n1. The predicted molar refractivity (Wildman–Crippen MR) is 108 cm³/mol. The molecule has 3 amide bonds. The molecule has 1 aromatic heterocycles. The maximum absolute atomic E-state index is 12.1. The van der Waals surface area contributed by atoms with E-state index in [1.54, 1.807) is 24.0 Å². The van der Waals surface area contributed by atoms with Gasteiger partial charge in [0.15, 0.2) is 0 Å². The summed E-state index contributed by atoms with van der Waals surface area (Å²) in [6, 6.07) is 8.86. The normalized spacial score (nSPS) is 16.3. The standard InChI is InChI=1S/C20H25N5O3/c1-13-12-15(3)24(20(28)22-13)11-10-21-19(27)23-16-5-7-17(8-6-16)25-14(2)4-9-18(25)26/h5-8,12,14H,4,9-11H2,1-3H3,(H2,21,23,27)/t14-/m0/s1. The lowest BCUT2D eigenvalue weighted by Gasteiger charge is -2.22. The van der Waals surface area contributed by atoms with E-state index in [0.717, 1.165) is 17.8 Å². The Morgan fingerprint density at radius 3 is 2.54 bits per heavy atom. The molecule has 8 nitrogen and oxygen atoms in total. The van der Waals surface area contributed by atoms with Gasteiger partial charge < -0.3 is 15.5 Å². The number of amides is 3. The molecule has 28 heavy (non-hydrogen) atoms. The van der Waals surface area contributed by atoms with Gasteiger partial charge in [0.25, 0.3) is 0 Å². The first-order chi connectivity index (χ1) is 13.3. The molecule has 148 valence electrons. The predicted octanol–water partition coefficient (Wildman–Crippen LogP) is 2.20. The van der Waals surface area contributed by atoms with Gasteiger partial charge in [0.2, 0.25) is 5.91 Å². The highest BCUT2D eigenvalue weighted by Gasteiger charge is 2.28. The zero-order valence-corrected chi connectivity index (χ0v) is 16.4. The number of aromatic nitrogens is 2. The third kappa shape index (κ3) is 4.39. The lowest BCUT2D eigenvalue weighted by Crippen LogP contribution is -2.35. The summed E-state index contributed by atoms with van der Waals surface area (Å²) in [7, 11) is 0. The minimum atomic E-state index is -0.357. The second-order valence-electron chi connectivity index (χ2n) is 7.05. The average Bonchev–Trinajstić information content (AvgIpc) is 2.96. The number of nitrogens with zero attached hydrogens (tertiary/aromatic N) is 3. The minimum absolute atomic E-state index is 0.127. The largest absolute Gasteiger partial charge is 0.348 e. The van der Waals surface area contributed by atoms with Crippen molar-refractivity contribution in [2.75, 3.05) is 16.8 Å². The summed E-state index contributed by atoms with van der Waals surface area (Å²) in [4.78, 5) is 41.7. The number of benzene rings is 1. The van der Waals surface area contributed by atoms with Gasteiger partial charge in [-0.25, -0.2) is 9.59 Å². The Balaban J connectivity index is 1.53. The van der Waals surface area contributed by atoms with Gasteiger partial charge in [-0.05, 0) is 57.5 Å². The molecule has 1 saturated heterocycles. The van der Waals surface area contributed by atoms with Gasteiger partial charge in [0, 0.05) is 48.3 Å². The monoisotopic (exact) mass is 383 g/mol. The van der Waals surface area contributed by atoms with Crippen LogP contribution in [0.25, 0.3) is 0 Å². The maximum Gasteiger partial charge on any atom is 0.348 e. The summed E-state index contributed by atoms with van der Waals surface area (Å²) >= 11 is 0. The summed E-state index contributed by atoms with van der Waals surface area (Å²) in [6.07, 6.45) is 1.43. The molecule has 0 bridgehead atoms. The van der Waals surface area contributed by atoms with Crippen molar-refractivity contribution in [3.63, 3.8) is 0 Å². The van der Waals surface area contributed by atoms with Crippen LogP contribution in [0.4, 0.5) is 16.2 Å². The van der Waals surface area contributed by atoms with Crippen molar-refractivity contribution in [1.29, 1.82) is 0 Å². The summed E-state index contributed by atoms with van der Waals surface area (Å²) in [5, 5.41) is 5.48. The van der Waals surface area contributed by atoms with Gasteiger partial charge in [-0.2, -0.15) is 4.98 Å². The summed E-state index contributed by atoms with van der Waals surface area (Å²) in [5.74, 6) is 0.127. The molecular weight excluding hydrogens is 358 g/mol. The van der Waals surface area contributed by atoms with Crippen LogP contribution in [-0.2, 0) is 11.3 Å². The Bertz CT molecular complexity index is 936. The van der Waals surface area contributed by atoms with E-state index in [2.05, 4.69) is 15.6 Å². The van der Waals surface area contributed by atoms with Crippen LogP contribution >= 0.6 is 0 Å². The number of carbonyl (C=O) groups is 2. The number of nitrogens with one attached hydrogen (secondary N) is 2. The fourth-order valence-electron chi connectivity index (χ4n) is 3.43. The van der Waals surface area contributed by atoms with Crippen LogP contribution in [0, 0.1) is 13.8 Å². The highest BCUT2D eigenvalue weighted by molar-refractivity contribution is 5.96. The maximum atomic E-state index is 12.1. The smallest absolute Gasteiger partial charge is 0.336 e. The van der Waals surface area contributed by atoms with Crippen LogP contribution in [0.2, 0.25) is 0 Å².